The zero-order chi connectivity index (χ0) is 14.8. The molecule has 1 rings (SSSR count). The molecule has 1 aromatic carbocycles. The molecular weight excluding hydrogens is 295 g/mol. The predicted octanol–water partition coefficient (Wildman–Crippen LogP) is -0.145. The van der Waals surface area contributed by atoms with Gasteiger partial charge in [-0.2, -0.15) is 0 Å². The van der Waals surface area contributed by atoms with E-state index in [-0.39, 0.29) is 11.4 Å². The van der Waals surface area contributed by atoms with Crippen molar-refractivity contribution < 1.29 is 21.2 Å². The van der Waals surface area contributed by atoms with Crippen LogP contribution in [0.3, 0.4) is 0 Å². The van der Waals surface area contributed by atoms with Gasteiger partial charge in [-0.25, -0.2) is 25.9 Å². The number of halogens is 1. The number of sulfone groups is 1. The Hall–Kier alpha value is -1.03. The number of hydrogen-bond acceptors (Lipinski definition) is 5. The maximum absolute atomic E-state index is 13.6. The second-order valence-electron chi connectivity index (χ2n) is 4.12. The molecule has 0 aliphatic rings. The normalized spacial score (nSPS) is 14.3. The first-order chi connectivity index (χ1) is 8.58. The molecule has 0 saturated carbocycles. The SMILES string of the molecule is C[C@H](CN)NS(=O)(=O)c1cc(S(C)(=O)=O)ccc1F. The fraction of sp³-hybridized carbons (Fsp3) is 0.400. The first-order valence-corrected chi connectivity index (χ1v) is 8.67. The van der Waals surface area contributed by atoms with Gasteiger partial charge in [0.05, 0.1) is 4.90 Å². The lowest BCUT2D eigenvalue weighted by atomic mass is 10.3. The highest BCUT2D eigenvalue weighted by Crippen LogP contribution is 2.19. The van der Waals surface area contributed by atoms with Gasteiger partial charge < -0.3 is 5.73 Å². The summed E-state index contributed by atoms with van der Waals surface area (Å²) < 4.78 is 62.2. The topological polar surface area (TPSA) is 106 Å². The molecule has 0 bridgehead atoms. The van der Waals surface area contributed by atoms with Crippen LogP contribution in [0, 0.1) is 5.82 Å². The van der Waals surface area contributed by atoms with E-state index in [2.05, 4.69) is 4.72 Å². The number of nitrogens with one attached hydrogen (secondary N) is 1. The van der Waals surface area contributed by atoms with Gasteiger partial charge in [0.15, 0.2) is 9.84 Å². The van der Waals surface area contributed by atoms with Gasteiger partial charge in [-0.05, 0) is 25.1 Å². The van der Waals surface area contributed by atoms with Crippen LogP contribution in [0.2, 0.25) is 0 Å². The molecule has 6 nitrogen and oxygen atoms in total. The minimum absolute atomic E-state index is 0.0343. The van der Waals surface area contributed by atoms with Crippen LogP contribution in [0.4, 0.5) is 4.39 Å². The van der Waals surface area contributed by atoms with Crippen LogP contribution >= 0.6 is 0 Å². The summed E-state index contributed by atoms with van der Waals surface area (Å²) in [6.07, 6.45) is 0.909. The van der Waals surface area contributed by atoms with Crippen molar-refractivity contribution in [2.24, 2.45) is 5.73 Å². The minimum Gasteiger partial charge on any atom is -0.329 e. The van der Waals surface area contributed by atoms with Crippen LogP contribution < -0.4 is 10.5 Å². The van der Waals surface area contributed by atoms with Crippen molar-refractivity contribution in [1.82, 2.24) is 4.72 Å². The van der Waals surface area contributed by atoms with Gasteiger partial charge in [-0.1, -0.05) is 0 Å². The molecule has 0 aliphatic carbocycles. The molecule has 1 atom stereocenters. The molecule has 0 spiro atoms. The van der Waals surface area contributed by atoms with Gasteiger partial charge in [0.1, 0.15) is 10.7 Å². The zero-order valence-corrected chi connectivity index (χ0v) is 12.1. The summed E-state index contributed by atoms with van der Waals surface area (Å²) >= 11 is 0. The molecule has 0 saturated heterocycles. The quantitative estimate of drug-likeness (QED) is 0.736. The molecule has 0 unspecified atom stereocenters. The third-order valence-electron chi connectivity index (χ3n) is 2.33. The molecule has 0 radical (unpaired) electrons. The van der Waals surface area contributed by atoms with Gasteiger partial charge in [-0.15, -0.1) is 0 Å². The first kappa shape index (κ1) is 16.0. The Kier molecular flexibility index (Phi) is 4.67. The molecule has 0 aromatic heterocycles. The Morgan fingerprint density at radius 3 is 2.37 bits per heavy atom. The van der Waals surface area contributed by atoms with E-state index < -0.39 is 36.6 Å². The number of hydrogen-bond donors (Lipinski definition) is 2. The van der Waals surface area contributed by atoms with E-state index in [1.165, 1.54) is 6.92 Å². The first-order valence-electron chi connectivity index (χ1n) is 5.30. The molecule has 3 N–H and O–H groups in total. The second kappa shape index (κ2) is 5.53. The zero-order valence-electron chi connectivity index (χ0n) is 10.4. The Morgan fingerprint density at radius 1 is 1.32 bits per heavy atom. The van der Waals surface area contributed by atoms with Crippen molar-refractivity contribution in [2.45, 2.75) is 22.8 Å². The van der Waals surface area contributed by atoms with E-state index in [0.717, 1.165) is 24.5 Å². The van der Waals surface area contributed by atoms with Crippen molar-refractivity contribution in [3.8, 4) is 0 Å². The van der Waals surface area contributed by atoms with Crippen LogP contribution in [-0.4, -0.2) is 35.7 Å². The standard InChI is InChI=1S/C10H15FN2O4S2/c1-7(6-12)13-19(16,17)10-5-8(18(2,14)15)3-4-9(10)11/h3-5,7,13H,6,12H2,1-2H3/t7-/m1/s1. The van der Waals surface area contributed by atoms with Crippen molar-refractivity contribution in [2.75, 3.05) is 12.8 Å². The Balaban J connectivity index is 3.34. The molecule has 108 valence electrons. The Morgan fingerprint density at radius 2 is 1.89 bits per heavy atom. The van der Waals surface area contributed by atoms with E-state index in [1.807, 2.05) is 0 Å². The lowest BCUT2D eigenvalue weighted by molar-refractivity contribution is 0.543. The van der Waals surface area contributed by atoms with Crippen molar-refractivity contribution in [1.29, 1.82) is 0 Å². The van der Waals surface area contributed by atoms with Crippen LogP contribution in [-0.2, 0) is 19.9 Å². The smallest absolute Gasteiger partial charge is 0.243 e. The van der Waals surface area contributed by atoms with Crippen LogP contribution in [0.5, 0.6) is 0 Å². The monoisotopic (exact) mass is 310 g/mol. The highest BCUT2D eigenvalue weighted by molar-refractivity contribution is 7.91. The average Bonchev–Trinajstić information content (AvgIpc) is 2.26. The summed E-state index contributed by atoms with van der Waals surface area (Å²) in [4.78, 5) is -0.981. The Labute approximate surface area is 111 Å². The number of rotatable bonds is 5. The molecule has 0 aliphatic heterocycles. The van der Waals surface area contributed by atoms with E-state index in [0.29, 0.717) is 0 Å². The molecule has 0 heterocycles. The third kappa shape index (κ3) is 3.96. The fourth-order valence-electron chi connectivity index (χ4n) is 1.30. The van der Waals surface area contributed by atoms with Crippen LogP contribution in [0.25, 0.3) is 0 Å². The number of sulfonamides is 1. The molecular formula is C10H15FN2O4S2. The van der Waals surface area contributed by atoms with E-state index in [9.17, 15) is 21.2 Å². The van der Waals surface area contributed by atoms with Gasteiger partial charge in [0.25, 0.3) is 0 Å². The van der Waals surface area contributed by atoms with E-state index in [1.54, 1.807) is 0 Å². The molecule has 1 aromatic rings. The minimum atomic E-state index is -4.15. The average molecular weight is 310 g/mol. The molecule has 9 heteroatoms. The predicted molar refractivity (Wildman–Crippen MR) is 68.3 cm³/mol. The maximum Gasteiger partial charge on any atom is 0.243 e. The number of nitrogens with two attached hydrogens (primary N) is 1. The lowest BCUT2D eigenvalue weighted by Gasteiger charge is -2.13. The van der Waals surface area contributed by atoms with Crippen LogP contribution in [0.1, 0.15) is 6.92 Å². The van der Waals surface area contributed by atoms with E-state index >= 15 is 0 Å². The van der Waals surface area contributed by atoms with Crippen molar-refractivity contribution >= 4 is 19.9 Å². The largest absolute Gasteiger partial charge is 0.329 e. The maximum atomic E-state index is 13.6. The summed E-state index contributed by atoms with van der Waals surface area (Å²) in [5.41, 5.74) is 5.28. The number of benzene rings is 1. The van der Waals surface area contributed by atoms with Crippen LogP contribution in [0.15, 0.2) is 28.0 Å². The highest BCUT2D eigenvalue weighted by atomic mass is 32.2. The van der Waals surface area contributed by atoms with Gasteiger partial charge >= 0.3 is 0 Å². The van der Waals surface area contributed by atoms with Gasteiger partial charge in [0.2, 0.25) is 10.0 Å². The summed E-state index contributed by atoms with van der Waals surface area (Å²) in [7, 11) is -7.77. The molecule has 0 amide bonds. The van der Waals surface area contributed by atoms with Gasteiger partial charge in [0, 0.05) is 18.8 Å². The van der Waals surface area contributed by atoms with E-state index in [4.69, 9.17) is 5.73 Å². The second-order valence-corrected chi connectivity index (χ2v) is 7.82. The summed E-state index contributed by atoms with van der Waals surface area (Å²) in [6, 6.07) is 2.01. The Bertz CT molecular complexity index is 671. The van der Waals surface area contributed by atoms with Gasteiger partial charge in [-0.3, -0.25) is 0 Å². The van der Waals surface area contributed by atoms with Crippen molar-refractivity contribution in [3.05, 3.63) is 24.0 Å². The summed E-state index contributed by atoms with van der Waals surface area (Å²) in [5.74, 6) is -1.02. The third-order valence-corrected chi connectivity index (χ3v) is 5.05. The van der Waals surface area contributed by atoms with Crippen molar-refractivity contribution in [3.63, 3.8) is 0 Å². The summed E-state index contributed by atoms with van der Waals surface area (Å²) in [5, 5.41) is 0. The summed E-state index contributed by atoms with van der Waals surface area (Å²) in [6.45, 7) is 1.54. The fourth-order valence-corrected chi connectivity index (χ4v) is 3.38. The lowest BCUT2D eigenvalue weighted by Crippen LogP contribution is -2.38. The molecule has 19 heavy (non-hydrogen) atoms. The molecule has 0 fully saturated rings. The highest BCUT2D eigenvalue weighted by Gasteiger charge is 2.23.